The predicted molar refractivity (Wildman–Crippen MR) is 119 cm³/mol. The van der Waals surface area contributed by atoms with E-state index in [1.54, 1.807) is 17.0 Å². The normalized spacial score (nSPS) is 25.5. The molecule has 2 amide bonds. The summed E-state index contributed by atoms with van der Waals surface area (Å²) in [4.78, 5) is 33.8. The minimum Gasteiger partial charge on any atom is -0.350 e. The van der Waals surface area contributed by atoms with Gasteiger partial charge in [0, 0.05) is 23.7 Å². The SMILES string of the molecule is CN1CCCCC1C(=O)N[C@@H]1CCCC[C@H]1N1Cc2ccc(-c3noc(C(F)(F)F)n3)cc2C1=O. The van der Waals surface area contributed by atoms with E-state index in [9.17, 15) is 22.8 Å². The molecule has 3 aliphatic rings. The number of nitrogens with zero attached hydrogens (tertiary/aromatic N) is 4. The van der Waals surface area contributed by atoms with Crippen molar-refractivity contribution in [3.8, 4) is 11.4 Å². The molecule has 0 spiro atoms. The monoisotopic (exact) mass is 491 g/mol. The third-order valence-electron chi connectivity index (χ3n) is 7.40. The fourth-order valence-corrected chi connectivity index (χ4v) is 5.52. The van der Waals surface area contributed by atoms with Crippen LogP contribution in [0.1, 0.15) is 66.8 Å². The molecule has 5 rings (SSSR count). The molecule has 1 N–H and O–H groups in total. The molecule has 1 saturated carbocycles. The lowest BCUT2D eigenvalue weighted by Gasteiger charge is -2.40. The number of carbonyl (C=O) groups excluding carboxylic acids is 2. The zero-order valence-corrected chi connectivity index (χ0v) is 19.5. The van der Waals surface area contributed by atoms with E-state index in [1.165, 1.54) is 6.07 Å². The molecule has 0 radical (unpaired) electrons. The molecule has 1 aromatic heterocycles. The van der Waals surface area contributed by atoms with Gasteiger partial charge in [-0.3, -0.25) is 14.5 Å². The van der Waals surface area contributed by atoms with Crippen molar-refractivity contribution in [2.45, 2.75) is 75.8 Å². The Morgan fingerprint density at radius 3 is 2.66 bits per heavy atom. The van der Waals surface area contributed by atoms with Crippen LogP contribution in [0, 0.1) is 0 Å². The van der Waals surface area contributed by atoms with Gasteiger partial charge in [0.2, 0.25) is 11.7 Å². The van der Waals surface area contributed by atoms with Gasteiger partial charge in [0.05, 0.1) is 12.1 Å². The maximum Gasteiger partial charge on any atom is 0.471 e. The average Bonchev–Trinajstić information content (AvgIpc) is 3.45. The summed E-state index contributed by atoms with van der Waals surface area (Å²) in [5.41, 5.74) is 1.50. The number of fused-ring (bicyclic) bond motifs is 1. The lowest BCUT2D eigenvalue weighted by molar-refractivity contribution is -0.159. The van der Waals surface area contributed by atoms with Gasteiger partial charge >= 0.3 is 12.1 Å². The van der Waals surface area contributed by atoms with Crippen LogP contribution < -0.4 is 5.32 Å². The number of likely N-dealkylation sites (N-methyl/N-ethyl adjacent to an activating group) is 1. The van der Waals surface area contributed by atoms with Gasteiger partial charge in [-0.05, 0) is 50.9 Å². The van der Waals surface area contributed by atoms with Crippen molar-refractivity contribution in [2.75, 3.05) is 13.6 Å². The molecule has 8 nitrogen and oxygen atoms in total. The molecule has 2 fully saturated rings. The summed E-state index contributed by atoms with van der Waals surface area (Å²) in [6.45, 7) is 1.30. The summed E-state index contributed by atoms with van der Waals surface area (Å²) in [5, 5.41) is 6.66. The number of carbonyl (C=O) groups is 2. The molecule has 3 atom stereocenters. The summed E-state index contributed by atoms with van der Waals surface area (Å²) in [5.74, 6) is -1.81. The number of aromatic nitrogens is 2. The number of amides is 2. The van der Waals surface area contributed by atoms with E-state index in [1.807, 2.05) is 7.05 Å². The van der Waals surface area contributed by atoms with E-state index in [0.29, 0.717) is 12.1 Å². The van der Waals surface area contributed by atoms with E-state index >= 15 is 0 Å². The Hall–Kier alpha value is -2.95. The van der Waals surface area contributed by atoms with Crippen LogP contribution in [0.25, 0.3) is 11.4 Å². The highest BCUT2D eigenvalue weighted by molar-refractivity contribution is 5.99. The molecule has 3 heterocycles. The highest BCUT2D eigenvalue weighted by Crippen LogP contribution is 2.34. The van der Waals surface area contributed by atoms with Crippen molar-refractivity contribution in [1.29, 1.82) is 0 Å². The molecule has 1 aromatic carbocycles. The number of alkyl halides is 3. The highest BCUT2D eigenvalue weighted by Gasteiger charge is 2.41. The predicted octanol–water partition coefficient (Wildman–Crippen LogP) is 3.62. The van der Waals surface area contributed by atoms with Gasteiger partial charge in [-0.2, -0.15) is 18.2 Å². The number of hydrogen-bond acceptors (Lipinski definition) is 6. The van der Waals surface area contributed by atoms with Crippen molar-refractivity contribution in [1.82, 2.24) is 25.3 Å². The average molecular weight is 492 g/mol. The third kappa shape index (κ3) is 4.65. The van der Waals surface area contributed by atoms with Crippen LogP contribution in [0.15, 0.2) is 22.7 Å². The molecule has 35 heavy (non-hydrogen) atoms. The molecule has 0 bridgehead atoms. The van der Waals surface area contributed by atoms with E-state index < -0.39 is 12.1 Å². The Kier molecular flexibility index (Phi) is 6.29. The quantitative estimate of drug-likeness (QED) is 0.703. The van der Waals surface area contributed by atoms with Gasteiger partial charge in [-0.15, -0.1) is 0 Å². The van der Waals surface area contributed by atoms with Crippen molar-refractivity contribution in [2.24, 2.45) is 0 Å². The minimum atomic E-state index is -4.73. The van der Waals surface area contributed by atoms with E-state index in [4.69, 9.17) is 0 Å². The van der Waals surface area contributed by atoms with E-state index in [-0.39, 0.29) is 41.3 Å². The van der Waals surface area contributed by atoms with Gasteiger partial charge in [0.25, 0.3) is 5.91 Å². The van der Waals surface area contributed by atoms with Crippen LogP contribution in [0.2, 0.25) is 0 Å². The standard InChI is InChI=1S/C24H28F3N5O3/c1-31-11-5-4-8-19(31)21(33)28-17-6-2-3-7-18(17)32-13-15-10-9-14(12-16(15)22(32)34)20-29-23(35-30-20)24(25,26)27/h9-10,12,17-19H,2-8,11,13H2,1H3,(H,28,33)/t17-,18-,19?/m1/s1. The van der Waals surface area contributed by atoms with Crippen LogP contribution in [0.3, 0.4) is 0 Å². The van der Waals surface area contributed by atoms with Gasteiger partial charge in [-0.25, -0.2) is 0 Å². The largest absolute Gasteiger partial charge is 0.471 e. The second-order valence-electron chi connectivity index (χ2n) is 9.68. The fraction of sp³-hybridized carbons (Fsp3) is 0.583. The number of nitrogens with one attached hydrogen (secondary N) is 1. The van der Waals surface area contributed by atoms with Crippen molar-refractivity contribution in [3.05, 3.63) is 35.2 Å². The lowest BCUT2D eigenvalue weighted by atomic mass is 9.88. The van der Waals surface area contributed by atoms with Gasteiger partial charge < -0.3 is 14.7 Å². The van der Waals surface area contributed by atoms with E-state index in [0.717, 1.165) is 57.1 Å². The number of likely N-dealkylation sites (tertiary alicyclic amines) is 1. The minimum absolute atomic E-state index is 0.0214. The first-order chi connectivity index (χ1) is 16.7. The first kappa shape index (κ1) is 23.8. The molecule has 1 saturated heterocycles. The molecular formula is C24H28F3N5O3. The molecule has 11 heteroatoms. The molecule has 1 aliphatic carbocycles. The second kappa shape index (κ2) is 9.25. The Morgan fingerprint density at radius 1 is 1.14 bits per heavy atom. The van der Waals surface area contributed by atoms with Gasteiger partial charge in [-0.1, -0.05) is 36.6 Å². The van der Waals surface area contributed by atoms with E-state index in [2.05, 4.69) is 24.9 Å². The number of benzene rings is 1. The molecular weight excluding hydrogens is 463 g/mol. The number of rotatable bonds is 4. The zero-order chi connectivity index (χ0) is 24.7. The zero-order valence-electron chi connectivity index (χ0n) is 19.5. The van der Waals surface area contributed by atoms with Crippen LogP contribution in [0.5, 0.6) is 0 Å². The molecule has 2 aromatic rings. The number of hydrogen-bond donors (Lipinski definition) is 1. The van der Waals surface area contributed by atoms with Crippen LogP contribution in [-0.2, 0) is 17.5 Å². The fourth-order valence-electron chi connectivity index (χ4n) is 5.52. The number of halogens is 3. The van der Waals surface area contributed by atoms with Crippen molar-refractivity contribution < 1.29 is 27.3 Å². The molecule has 2 aliphatic heterocycles. The first-order valence-electron chi connectivity index (χ1n) is 12.1. The Morgan fingerprint density at radius 2 is 1.91 bits per heavy atom. The Balaban J connectivity index is 1.33. The molecule has 188 valence electrons. The Labute approximate surface area is 200 Å². The summed E-state index contributed by atoms with van der Waals surface area (Å²) in [6.07, 6.45) is 1.78. The first-order valence-corrected chi connectivity index (χ1v) is 12.1. The lowest BCUT2D eigenvalue weighted by Crippen LogP contribution is -2.57. The Bertz CT molecular complexity index is 1120. The second-order valence-corrected chi connectivity index (χ2v) is 9.68. The van der Waals surface area contributed by atoms with Gasteiger partial charge in [0.1, 0.15) is 0 Å². The van der Waals surface area contributed by atoms with Crippen LogP contribution >= 0.6 is 0 Å². The smallest absolute Gasteiger partial charge is 0.350 e. The summed E-state index contributed by atoms with van der Waals surface area (Å²) < 4.78 is 42.8. The highest BCUT2D eigenvalue weighted by atomic mass is 19.4. The van der Waals surface area contributed by atoms with Crippen LogP contribution in [0.4, 0.5) is 13.2 Å². The van der Waals surface area contributed by atoms with Crippen molar-refractivity contribution in [3.63, 3.8) is 0 Å². The summed E-state index contributed by atoms with van der Waals surface area (Å²) >= 11 is 0. The van der Waals surface area contributed by atoms with Gasteiger partial charge in [0.15, 0.2) is 0 Å². The third-order valence-corrected chi connectivity index (χ3v) is 7.40. The maximum atomic E-state index is 13.4. The number of piperidine rings is 1. The maximum absolute atomic E-state index is 13.4. The topological polar surface area (TPSA) is 91.6 Å². The summed E-state index contributed by atoms with van der Waals surface area (Å²) in [7, 11) is 1.97. The van der Waals surface area contributed by atoms with Crippen molar-refractivity contribution >= 4 is 11.8 Å². The molecule has 1 unspecified atom stereocenters. The van der Waals surface area contributed by atoms with Crippen LogP contribution in [-0.4, -0.2) is 63.5 Å². The summed E-state index contributed by atoms with van der Waals surface area (Å²) in [6, 6.07) is 4.44.